The Labute approximate surface area is 172 Å². The molecular weight excluding hydrogens is 388 g/mol. The zero-order valence-electron chi connectivity index (χ0n) is 16.0. The van der Waals surface area contributed by atoms with Crippen LogP contribution in [0.5, 0.6) is 0 Å². The van der Waals surface area contributed by atoms with E-state index in [1.165, 1.54) is 16.2 Å². The number of thiophene rings is 2. The van der Waals surface area contributed by atoms with Crippen molar-refractivity contribution < 1.29 is 4.79 Å². The molecule has 0 fully saturated rings. The van der Waals surface area contributed by atoms with Crippen molar-refractivity contribution in [1.29, 1.82) is 0 Å². The van der Waals surface area contributed by atoms with Crippen LogP contribution in [0.3, 0.4) is 0 Å². The molecule has 4 aromatic rings. The molecule has 144 valence electrons. The van der Waals surface area contributed by atoms with E-state index in [-0.39, 0.29) is 11.9 Å². The van der Waals surface area contributed by atoms with Gasteiger partial charge in [-0.15, -0.1) is 22.7 Å². The molecule has 1 atom stereocenters. The molecule has 0 aliphatic heterocycles. The number of amides is 1. The van der Waals surface area contributed by atoms with Gasteiger partial charge in [-0.1, -0.05) is 24.3 Å². The summed E-state index contributed by atoms with van der Waals surface area (Å²) in [4.78, 5) is 17.9. The molecule has 0 unspecified atom stereocenters. The van der Waals surface area contributed by atoms with Gasteiger partial charge in [0.15, 0.2) is 0 Å². The van der Waals surface area contributed by atoms with E-state index in [1.807, 2.05) is 68.2 Å². The summed E-state index contributed by atoms with van der Waals surface area (Å²) in [6, 6.07) is 16.3. The van der Waals surface area contributed by atoms with Gasteiger partial charge in [0.2, 0.25) is 0 Å². The molecule has 3 aromatic heterocycles. The van der Waals surface area contributed by atoms with Crippen LogP contribution in [0.25, 0.3) is 15.9 Å². The third-order valence-corrected chi connectivity index (χ3v) is 6.80. The average molecular weight is 411 g/mol. The van der Waals surface area contributed by atoms with E-state index < -0.39 is 0 Å². The Bertz CT molecular complexity index is 1080. The van der Waals surface area contributed by atoms with Gasteiger partial charge in [0.05, 0.1) is 22.3 Å². The first kappa shape index (κ1) is 18.9. The molecule has 28 heavy (non-hydrogen) atoms. The summed E-state index contributed by atoms with van der Waals surface area (Å²) in [5.41, 5.74) is 1.93. The quantitative estimate of drug-likeness (QED) is 0.510. The predicted molar refractivity (Wildman–Crippen MR) is 117 cm³/mol. The number of carbonyl (C=O) groups excluding carboxylic acids is 1. The highest BCUT2D eigenvalue weighted by molar-refractivity contribution is 7.20. The van der Waals surface area contributed by atoms with Gasteiger partial charge in [0.25, 0.3) is 5.91 Å². The molecule has 0 aliphatic rings. The number of fused-ring (bicyclic) bond motifs is 1. The molecule has 0 bridgehead atoms. The van der Waals surface area contributed by atoms with Crippen LogP contribution in [0.15, 0.2) is 53.9 Å². The zero-order valence-corrected chi connectivity index (χ0v) is 17.7. The number of hydrogen-bond acceptors (Lipinski definition) is 5. The van der Waals surface area contributed by atoms with Crippen molar-refractivity contribution in [3.63, 3.8) is 0 Å². The van der Waals surface area contributed by atoms with Crippen LogP contribution in [0.2, 0.25) is 0 Å². The van der Waals surface area contributed by atoms with Crippen molar-refractivity contribution in [3.8, 4) is 5.69 Å². The number of nitrogens with one attached hydrogen (secondary N) is 1. The molecule has 0 saturated heterocycles. The molecule has 1 amide bonds. The molecule has 0 aliphatic carbocycles. The Morgan fingerprint density at radius 3 is 2.68 bits per heavy atom. The zero-order chi connectivity index (χ0) is 19.7. The maximum absolute atomic E-state index is 12.8. The molecule has 0 radical (unpaired) electrons. The van der Waals surface area contributed by atoms with Gasteiger partial charge in [-0.3, -0.25) is 4.79 Å². The standard InChI is InChI=1S/C21H22N4OS2/c1-14-16-12-19(28-21(16)25(23-14)15-8-5-4-6-9-15)20(26)22-13-17(24(2)3)18-10-7-11-27-18/h4-12,17H,13H2,1-3H3,(H,22,26)/t17-/m0/s1. The minimum Gasteiger partial charge on any atom is -0.349 e. The Balaban J connectivity index is 1.57. The number of para-hydroxylation sites is 1. The Morgan fingerprint density at radius 1 is 1.21 bits per heavy atom. The number of aromatic nitrogens is 2. The van der Waals surface area contributed by atoms with E-state index in [2.05, 4.69) is 26.8 Å². The largest absolute Gasteiger partial charge is 0.349 e. The predicted octanol–water partition coefficient (Wildman–Crippen LogP) is 4.49. The normalized spacial score (nSPS) is 12.6. The monoisotopic (exact) mass is 410 g/mol. The second-order valence-electron chi connectivity index (χ2n) is 6.87. The van der Waals surface area contributed by atoms with Crippen LogP contribution in [0.1, 0.15) is 26.3 Å². The number of carbonyl (C=O) groups is 1. The van der Waals surface area contributed by atoms with Crippen molar-refractivity contribution >= 4 is 38.8 Å². The molecule has 0 saturated carbocycles. The van der Waals surface area contributed by atoms with Crippen molar-refractivity contribution in [2.24, 2.45) is 0 Å². The van der Waals surface area contributed by atoms with Crippen molar-refractivity contribution in [1.82, 2.24) is 20.0 Å². The Morgan fingerprint density at radius 2 is 2.00 bits per heavy atom. The third-order valence-electron chi connectivity index (χ3n) is 4.72. The van der Waals surface area contributed by atoms with E-state index >= 15 is 0 Å². The molecule has 3 heterocycles. The maximum Gasteiger partial charge on any atom is 0.261 e. The second-order valence-corrected chi connectivity index (χ2v) is 8.88. The lowest BCUT2D eigenvalue weighted by Gasteiger charge is -2.23. The first-order valence-corrected chi connectivity index (χ1v) is 10.8. The van der Waals surface area contributed by atoms with E-state index in [0.717, 1.165) is 21.6 Å². The number of aryl methyl sites for hydroxylation is 1. The molecule has 1 N–H and O–H groups in total. The molecule has 7 heteroatoms. The van der Waals surface area contributed by atoms with Crippen LogP contribution < -0.4 is 5.32 Å². The van der Waals surface area contributed by atoms with Gasteiger partial charge in [-0.2, -0.15) is 5.10 Å². The smallest absolute Gasteiger partial charge is 0.261 e. The number of rotatable bonds is 6. The van der Waals surface area contributed by atoms with Gasteiger partial charge >= 0.3 is 0 Å². The lowest BCUT2D eigenvalue weighted by Crippen LogP contribution is -2.33. The fourth-order valence-corrected chi connectivity index (χ4v) is 5.22. The van der Waals surface area contributed by atoms with E-state index in [4.69, 9.17) is 0 Å². The molecule has 1 aromatic carbocycles. The minimum atomic E-state index is -0.0383. The van der Waals surface area contributed by atoms with Gasteiger partial charge in [0.1, 0.15) is 4.83 Å². The summed E-state index contributed by atoms with van der Waals surface area (Å²) in [7, 11) is 4.07. The Hall–Kier alpha value is -2.48. The van der Waals surface area contributed by atoms with Gasteiger partial charge in [-0.05, 0) is 50.7 Å². The van der Waals surface area contributed by atoms with Crippen LogP contribution in [-0.2, 0) is 0 Å². The highest BCUT2D eigenvalue weighted by atomic mass is 32.1. The van der Waals surface area contributed by atoms with E-state index in [9.17, 15) is 4.79 Å². The van der Waals surface area contributed by atoms with Gasteiger partial charge in [0, 0.05) is 16.8 Å². The number of benzene rings is 1. The van der Waals surface area contributed by atoms with Crippen LogP contribution in [0.4, 0.5) is 0 Å². The Kier molecular flexibility index (Phi) is 5.30. The third kappa shape index (κ3) is 3.61. The van der Waals surface area contributed by atoms with Crippen LogP contribution in [-0.4, -0.2) is 41.2 Å². The topological polar surface area (TPSA) is 50.2 Å². The lowest BCUT2D eigenvalue weighted by molar-refractivity contribution is 0.0946. The van der Waals surface area contributed by atoms with Crippen molar-refractivity contribution in [2.45, 2.75) is 13.0 Å². The highest BCUT2D eigenvalue weighted by Gasteiger charge is 2.20. The molecule has 0 spiro atoms. The van der Waals surface area contributed by atoms with E-state index in [0.29, 0.717) is 11.4 Å². The van der Waals surface area contributed by atoms with Gasteiger partial charge < -0.3 is 10.2 Å². The van der Waals surface area contributed by atoms with Crippen molar-refractivity contribution in [2.75, 3.05) is 20.6 Å². The molecule has 5 nitrogen and oxygen atoms in total. The summed E-state index contributed by atoms with van der Waals surface area (Å²) in [5.74, 6) is -0.0383. The second kappa shape index (κ2) is 7.87. The fraction of sp³-hybridized carbons (Fsp3) is 0.238. The fourth-order valence-electron chi connectivity index (χ4n) is 3.20. The summed E-state index contributed by atoms with van der Waals surface area (Å²) >= 11 is 3.19. The minimum absolute atomic E-state index is 0.0383. The van der Waals surface area contributed by atoms with Crippen LogP contribution >= 0.6 is 22.7 Å². The summed E-state index contributed by atoms with van der Waals surface area (Å²) in [5, 5.41) is 10.8. The highest BCUT2D eigenvalue weighted by Crippen LogP contribution is 2.30. The average Bonchev–Trinajstić information content (AvgIpc) is 3.41. The SMILES string of the molecule is Cc1nn(-c2ccccc2)c2sc(C(=O)NC[C@@H](c3cccs3)N(C)C)cc12. The summed E-state index contributed by atoms with van der Waals surface area (Å²) in [6.07, 6.45) is 0. The first-order chi connectivity index (χ1) is 13.5. The summed E-state index contributed by atoms with van der Waals surface area (Å²) < 4.78 is 1.92. The number of hydrogen-bond donors (Lipinski definition) is 1. The maximum atomic E-state index is 12.8. The van der Waals surface area contributed by atoms with Gasteiger partial charge in [-0.25, -0.2) is 4.68 Å². The summed E-state index contributed by atoms with van der Waals surface area (Å²) in [6.45, 7) is 2.55. The van der Waals surface area contributed by atoms with Crippen molar-refractivity contribution in [3.05, 3.63) is 69.4 Å². The molecular formula is C21H22N4OS2. The van der Waals surface area contributed by atoms with E-state index in [1.54, 1.807) is 11.3 Å². The number of nitrogens with zero attached hydrogens (tertiary/aromatic N) is 3. The molecule has 4 rings (SSSR count). The first-order valence-electron chi connectivity index (χ1n) is 9.07. The lowest BCUT2D eigenvalue weighted by atomic mass is 10.2. The number of likely N-dealkylation sites (N-methyl/N-ethyl adjacent to an activating group) is 1. The van der Waals surface area contributed by atoms with Crippen LogP contribution in [0, 0.1) is 6.92 Å².